The number of nitrogens with one attached hydrogen (secondary N) is 1. The lowest BCUT2D eigenvalue weighted by molar-refractivity contribution is 0.0743. The first-order valence-electron chi connectivity index (χ1n) is 10.9. The molecule has 0 unspecified atom stereocenters. The van der Waals surface area contributed by atoms with Gasteiger partial charge in [0, 0.05) is 38.6 Å². The second-order valence-corrected chi connectivity index (χ2v) is 7.90. The molecule has 1 fully saturated rings. The molecule has 1 saturated heterocycles. The maximum absolute atomic E-state index is 13.3. The molecule has 1 N–H and O–H groups in total. The average molecular weight is 473 g/mol. The van der Waals surface area contributed by atoms with E-state index in [2.05, 4.69) is 20.2 Å². The molecule has 4 aromatic rings. The van der Waals surface area contributed by atoms with E-state index in [9.17, 15) is 18.8 Å². The number of carbonyl (C=O) groups is 1. The van der Waals surface area contributed by atoms with Gasteiger partial charge in [0.15, 0.2) is 5.82 Å². The Kier molecular flexibility index (Phi) is 5.88. The summed E-state index contributed by atoms with van der Waals surface area (Å²) >= 11 is 0. The number of anilines is 1. The van der Waals surface area contributed by atoms with Crippen molar-refractivity contribution in [3.63, 3.8) is 0 Å². The quantitative estimate of drug-likeness (QED) is 0.477. The topological polar surface area (TPSA) is 117 Å². The smallest absolute Gasteiger partial charge is 0.333 e. The molecule has 5 rings (SSSR count). The number of benzene rings is 1. The second kappa shape index (κ2) is 9.29. The third kappa shape index (κ3) is 4.43. The highest BCUT2D eigenvalue weighted by Gasteiger charge is 2.26. The number of aromatic nitrogens is 5. The predicted octanol–water partition coefficient (Wildman–Crippen LogP) is 1.48. The van der Waals surface area contributed by atoms with Gasteiger partial charge in [-0.3, -0.25) is 14.6 Å². The molecule has 1 aromatic carbocycles. The molecule has 0 saturated carbocycles. The number of hydrogen-bond acceptors (Lipinski definition) is 7. The van der Waals surface area contributed by atoms with Crippen LogP contribution in [0.5, 0.6) is 0 Å². The van der Waals surface area contributed by atoms with Crippen molar-refractivity contribution < 1.29 is 9.18 Å². The summed E-state index contributed by atoms with van der Waals surface area (Å²) in [6.45, 7) is 1.72. The summed E-state index contributed by atoms with van der Waals surface area (Å²) in [7, 11) is 0. The van der Waals surface area contributed by atoms with Crippen molar-refractivity contribution in [1.82, 2.24) is 29.6 Å². The van der Waals surface area contributed by atoms with E-state index in [0.29, 0.717) is 37.7 Å². The molecular formula is C24H20FN7O3. The molecule has 11 heteroatoms. The highest BCUT2D eigenvalue weighted by Crippen LogP contribution is 2.18. The minimum atomic E-state index is -0.760. The number of carbonyl (C=O) groups excluding carboxylic acids is 1. The lowest BCUT2D eigenvalue weighted by Gasteiger charge is -2.35. The Labute approximate surface area is 198 Å². The van der Waals surface area contributed by atoms with Gasteiger partial charge in [0.2, 0.25) is 0 Å². The monoisotopic (exact) mass is 473 g/mol. The molecule has 0 atom stereocenters. The van der Waals surface area contributed by atoms with E-state index in [1.54, 1.807) is 11.1 Å². The van der Waals surface area contributed by atoms with Gasteiger partial charge in [0.1, 0.15) is 17.1 Å². The minimum absolute atomic E-state index is 0.165. The molecule has 10 nitrogen and oxygen atoms in total. The fourth-order valence-corrected chi connectivity index (χ4v) is 3.90. The van der Waals surface area contributed by atoms with E-state index in [1.807, 2.05) is 35.2 Å². The zero-order chi connectivity index (χ0) is 24.4. The zero-order valence-electron chi connectivity index (χ0n) is 18.5. The third-order valence-electron chi connectivity index (χ3n) is 5.76. The largest absolute Gasteiger partial charge is 0.352 e. The first-order chi connectivity index (χ1) is 17.0. The number of aromatic amines is 1. The van der Waals surface area contributed by atoms with Crippen LogP contribution in [0.25, 0.3) is 17.1 Å². The van der Waals surface area contributed by atoms with Gasteiger partial charge in [0.05, 0.1) is 11.4 Å². The number of rotatable bonds is 4. The number of halogens is 1. The number of piperazine rings is 1. The van der Waals surface area contributed by atoms with Crippen molar-refractivity contribution >= 4 is 11.7 Å². The highest BCUT2D eigenvalue weighted by atomic mass is 19.1. The number of hydrogen-bond donors (Lipinski definition) is 1. The molecule has 1 aliphatic heterocycles. The van der Waals surface area contributed by atoms with Crippen LogP contribution in [0.15, 0.2) is 76.6 Å². The minimum Gasteiger partial charge on any atom is -0.352 e. The number of H-pyrrole nitrogens is 1. The van der Waals surface area contributed by atoms with E-state index in [-0.39, 0.29) is 11.3 Å². The third-order valence-corrected chi connectivity index (χ3v) is 5.76. The standard InChI is InChI=1S/C24H20FN7O3/c25-16-4-6-17(7-5-16)32-23(34)18(15-27-24(32)35)22(33)31-13-11-30(12-14-31)21-9-8-20(28-29-21)19-3-1-2-10-26-19/h1-10,15H,11-14H2,(H,27,35). The van der Waals surface area contributed by atoms with Gasteiger partial charge in [-0.25, -0.2) is 13.8 Å². The van der Waals surface area contributed by atoms with E-state index in [0.717, 1.165) is 28.6 Å². The molecular weight excluding hydrogens is 453 g/mol. The Balaban J connectivity index is 1.30. The molecule has 1 aliphatic rings. The molecule has 176 valence electrons. The average Bonchev–Trinajstić information content (AvgIpc) is 2.90. The molecule has 1 amide bonds. The van der Waals surface area contributed by atoms with E-state index in [4.69, 9.17) is 0 Å². The number of nitrogens with zero attached hydrogens (tertiary/aromatic N) is 6. The lowest BCUT2D eigenvalue weighted by atomic mass is 10.2. The van der Waals surface area contributed by atoms with Crippen molar-refractivity contribution in [2.45, 2.75) is 0 Å². The van der Waals surface area contributed by atoms with Crippen LogP contribution in [0, 0.1) is 5.82 Å². The molecule has 3 aromatic heterocycles. The molecule has 0 aliphatic carbocycles. The van der Waals surface area contributed by atoms with Crippen molar-refractivity contribution in [3.8, 4) is 17.1 Å². The zero-order valence-corrected chi connectivity index (χ0v) is 18.5. The maximum atomic E-state index is 13.3. The summed E-state index contributed by atoms with van der Waals surface area (Å²) in [5, 5.41) is 8.55. The molecule has 4 heterocycles. The van der Waals surface area contributed by atoms with Gasteiger partial charge in [0.25, 0.3) is 11.5 Å². The normalized spacial score (nSPS) is 13.6. The fourth-order valence-electron chi connectivity index (χ4n) is 3.90. The lowest BCUT2D eigenvalue weighted by Crippen LogP contribution is -2.50. The predicted molar refractivity (Wildman–Crippen MR) is 126 cm³/mol. The Morgan fingerprint density at radius 3 is 2.31 bits per heavy atom. The SMILES string of the molecule is O=C(c1c[nH]c(=O)n(-c2ccc(F)cc2)c1=O)N1CCN(c2ccc(-c3ccccn3)nn2)CC1. The molecule has 0 radical (unpaired) electrons. The summed E-state index contributed by atoms with van der Waals surface area (Å²) in [6.07, 6.45) is 2.82. The van der Waals surface area contributed by atoms with Crippen LogP contribution in [-0.2, 0) is 0 Å². The van der Waals surface area contributed by atoms with Crippen LogP contribution < -0.4 is 16.1 Å². The van der Waals surface area contributed by atoms with Gasteiger partial charge in [-0.05, 0) is 48.5 Å². The van der Waals surface area contributed by atoms with E-state index < -0.39 is 23.0 Å². The van der Waals surface area contributed by atoms with Crippen LogP contribution in [-0.4, -0.2) is 61.7 Å². The van der Waals surface area contributed by atoms with E-state index >= 15 is 0 Å². The highest BCUT2D eigenvalue weighted by molar-refractivity contribution is 5.93. The summed E-state index contributed by atoms with van der Waals surface area (Å²) in [5.74, 6) is -0.308. The summed E-state index contributed by atoms with van der Waals surface area (Å²) < 4.78 is 14.1. The Hall–Kier alpha value is -4.67. The summed E-state index contributed by atoms with van der Waals surface area (Å²) in [4.78, 5) is 48.6. The molecule has 0 spiro atoms. The van der Waals surface area contributed by atoms with Crippen LogP contribution in [0.2, 0.25) is 0 Å². The Morgan fingerprint density at radius 2 is 1.66 bits per heavy atom. The van der Waals surface area contributed by atoms with Gasteiger partial charge in [-0.2, -0.15) is 0 Å². The first-order valence-corrected chi connectivity index (χ1v) is 10.9. The van der Waals surface area contributed by atoms with Crippen LogP contribution in [0.1, 0.15) is 10.4 Å². The Bertz CT molecular complexity index is 1460. The first kappa shape index (κ1) is 22.1. The number of amides is 1. The molecule has 35 heavy (non-hydrogen) atoms. The van der Waals surface area contributed by atoms with Crippen molar-refractivity contribution in [2.75, 3.05) is 31.1 Å². The fraction of sp³-hybridized carbons (Fsp3) is 0.167. The second-order valence-electron chi connectivity index (χ2n) is 7.90. The van der Waals surface area contributed by atoms with Gasteiger partial charge >= 0.3 is 5.69 Å². The van der Waals surface area contributed by atoms with E-state index in [1.165, 1.54) is 12.1 Å². The van der Waals surface area contributed by atoms with Crippen LogP contribution in [0.4, 0.5) is 10.2 Å². The van der Waals surface area contributed by atoms with Crippen molar-refractivity contribution in [3.05, 3.63) is 99.2 Å². The van der Waals surface area contributed by atoms with Crippen LogP contribution in [0.3, 0.4) is 0 Å². The van der Waals surface area contributed by atoms with Gasteiger partial charge in [-0.1, -0.05) is 6.07 Å². The summed E-state index contributed by atoms with van der Waals surface area (Å²) in [5.41, 5.74) is -0.0704. The van der Waals surface area contributed by atoms with Crippen LogP contribution >= 0.6 is 0 Å². The Morgan fingerprint density at radius 1 is 0.886 bits per heavy atom. The maximum Gasteiger partial charge on any atom is 0.333 e. The van der Waals surface area contributed by atoms with Gasteiger partial charge < -0.3 is 14.8 Å². The van der Waals surface area contributed by atoms with Crippen molar-refractivity contribution in [1.29, 1.82) is 0 Å². The van der Waals surface area contributed by atoms with Crippen molar-refractivity contribution in [2.24, 2.45) is 0 Å². The number of pyridine rings is 1. The molecule has 0 bridgehead atoms. The van der Waals surface area contributed by atoms with Gasteiger partial charge in [-0.15, -0.1) is 10.2 Å². The summed E-state index contributed by atoms with van der Waals surface area (Å²) in [6, 6.07) is 14.2.